The third kappa shape index (κ3) is 8.17. The van der Waals surface area contributed by atoms with Crippen molar-refractivity contribution in [2.24, 2.45) is 0 Å². The minimum atomic E-state index is -1.07. The first-order valence-electron chi connectivity index (χ1n) is 13.2. The van der Waals surface area contributed by atoms with Crippen molar-refractivity contribution in [3.8, 4) is 5.75 Å². The fourth-order valence-corrected chi connectivity index (χ4v) is 4.85. The van der Waals surface area contributed by atoms with E-state index in [9.17, 15) is 24.3 Å². The molecule has 4 amide bonds. The lowest BCUT2D eigenvalue weighted by Crippen LogP contribution is -2.30. The second kappa shape index (κ2) is 14.1. The van der Waals surface area contributed by atoms with Crippen molar-refractivity contribution < 1.29 is 29.0 Å². The number of para-hydroxylation sites is 1. The molecule has 1 atom stereocenters. The monoisotopic (exact) mass is 601 g/mol. The Hall–Kier alpha value is -5.23. The number of aromatic nitrogens is 1. The Labute approximate surface area is 252 Å². The highest BCUT2D eigenvalue weighted by Crippen LogP contribution is 2.27. The molecule has 0 fully saturated rings. The molecule has 4 N–H and O–H groups in total. The van der Waals surface area contributed by atoms with Crippen LogP contribution in [0.25, 0.3) is 0 Å². The number of aliphatic carboxylic acids is 1. The van der Waals surface area contributed by atoms with Gasteiger partial charge in [-0.2, -0.15) is 0 Å². The number of likely N-dealkylation sites (N-methyl/N-ethyl adjacent to an activating group) is 1. The van der Waals surface area contributed by atoms with Gasteiger partial charge in [-0.05, 0) is 59.3 Å². The number of carboxylic acids is 1. The summed E-state index contributed by atoms with van der Waals surface area (Å²) in [6.45, 7) is 1.89. The van der Waals surface area contributed by atoms with E-state index >= 15 is 0 Å². The predicted molar refractivity (Wildman–Crippen MR) is 165 cm³/mol. The van der Waals surface area contributed by atoms with Crippen LogP contribution >= 0.6 is 11.3 Å². The highest BCUT2D eigenvalue weighted by atomic mass is 32.1. The van der Waals surface area contributed by atoms with Gasteiger partial charge in [0.15, 0.2) is 0 Å². The summed E-state index contributed by atoms with van der Waals surface area (Å²) in [7, 11) is 3.06. The number of pyridine rings is 1. The molecule has 0 spiro atoms. The van der Waals surface area contributed by atoms with Gasteiger partial charge in [0.05, 0.1) is 36.6 Å². The number of nitrogens with zero attached hydrogens (tertiary/aromatic N) is 2. The Morgan fingerprint density at radius 3 is 2.42 bits per heavy atom. The van der Waals surface area contributed by atoms with E-state index in [1.807, 2.05) is 25.1 Å². The first kappa shape index (κ1) is 30.7. The van der Waals surface area contributed by atoms with Gasteiger partial charge in [0.1, 0.15) is 11.6 Å². The lowest BCUT2D eigenvalue weighted by molar-refractivity contribution is -0.137. The Morgan fingerprint density at radius 2 is 1.77 bits per heavy atom. The van der Waals surface area contributed by atoms with Crippen LogP contribution in [0.1, 0.15) is 38.8 Å². The van der Waals surface area contributed by atoms with Crippen molar-refractivity contribution >= 4 is 52.3 Å². The van der Waals surface area contributed by atoms with Gasteiger partial charge in [0, 0.05) is 18.9 Å². The minimum Gasteiger partial charge on any atom is -0.495 e. The van der Waals surface area contributed by atoms with Crippen molar-refractivity contribution in [3.63, 3.8) is 0 Å². The lowest BCUT2D eigenvalue weighted by atomic mass is 10.1. The van der Waals surface area contributed by atoms with Gasteiger partial charge in [0.2, 0.25) is 5.91 Å². The SMILES string of the molecule is COc1cc(CC(=O)N(C)c2ccc(C(CC(=O)O)NC(=O)c3cccs3)cn2)ccc1NC(=O)Nc1ccccc1C. The number of methoxy groups -OCH3 is 1. The van der Waals surface area contributed by atoms with E-state index in [1.165, 1.54) is 29.5 Å². The molecule has 0 aliphatic rings. The summed E-state index contributed by atoms with van der Waals surface area (Å²) in [4.78, 5) is 55.8. The summed E-state index contributed by atoms with van der Waals surface area (Å²) in [6.07, 6.45) is 1.16. The molecule has 4 rings (SSSR count). The van der Waals surface area contributed by atoms with Crippen molar-refractivity contribution in [3.05, 3.63) is 99.9 Å². The number of hydrogen-bond donors (Lipinski definition) is 4. The molecule has 43 heavy (non-hydrogen) atoms. The van der Waals surface area contributed by atoms with Crippen LogP contribution in [0.2, 0.25) is 0 Å². The number of thiophene rings is 1. The van der Waals surface area contributed by atoms with E-state index in [-0.39, 0.29) is 24.7 Å². The zero-order valence-electron chi connectivity index (χ0n) is 23.8. The molecule has 12 heteroatoms. The standard InChI is InChI=1S/C31H31N5O6S/c1-19-7-4-5-8-22(19)34-31(41)35-23-12-10-20(15-25(23)42-3)16-28(37)36(2)27-13-11-21(18-32-27)24(17-29(38)39)33-30(40)26-9-6-14-43-26/h4-15,18,24H,16-17H2,1-3H3,(H,33,40)(H,38,39)(H2,34,35,41). The van der Waals surface area contributed by atoms with Crippen molar-refractivity contribution in [1.82, 2.24) is 10.3 Å². The van der Waals surface area contributed by atoms with E-state index in [2.05, 4.69) is 20.9 Å². The molecule has 0 aliphatic carbocycles. The number of carbonyl (C=O) groups excluding carboxylic acids is 3. The molecule has 222 valence electrons. The summed E-state index contributed by atoms with van der Waals surface area (Å²) >= 11 is 1.25. The Kier molecular flexibility index (Phi) is 10.1. The van der Waals surface area contributed by atoms with Crippen molar-refractivity contribution in [2.45, 2.75) is 25.8 Å². The third-order valence-corrected chi connectivity index (χ3v) is 7.45. The fraction of sp³-hybridized carbons (Fsp3) is 0.194. The molecular formula is C31H31N5O6S. The van der Waals surface area contributed by atoms with Gasteiger partial charge >= 0.3 is 12.0 Å². The number of aryl methyl sites for hydroxylation is 1. The maximum Gasteiger partial charge on any atom is 0.323 e. The molecule has 0 saturated carbocycles. The molecule has 0 saturated heterocycles. The van der Waals surface area contributed by atoms with Crippen LogP contribution in [0.3, 0.4) is 0 Å². The van der Waals surface area contributed by atoms with E-state index < -0.39 is 18.0 Å². The summed E-state index contributed by atoms with van der Waals surface area (Å²) in [5.41, 5.74) is 3.21. The van der Waals surface area contributed by atoms with Gasteiger partial charge < -0.3 is 25.8 Å². The van der Waals surface area contributed by atoms with Gasteiger partial charge in [-0.15, -0.1) is 11.3 Å². The van der Waals surface area contributed by atoms with Crippen LogP contribution < -0.4 is 25.6 Å². The van der Waals surface area contributed by atoms with Crippen molar-refractivity contribution in [2.75, 3.05) is 29.7 Å². The predicted octanol–water partition coefficient (Wildman–Crippen LogP) is 5.26. The highest BCUT2D eigenvalue weighted by Gasteiger charge is 2.21. The number of benzene rings is 2. The molecule has 2 aromatic heterocycles. The Morgan fingerprint density at radius 1 is 1.00 bits per heavy atom. The van der Waals surface area contributed by atoms with Gasteiger partial charge in [-0.25, -0.2) is 9.78 Å². The summed E-state index contributed by atoms with van der Waals surface area (Å²) in [5, 5.41) is 19.4. The third-order valence-electron chi connectivity index (χ3n) is 6.58. The molecule has 2 aromatic carbocycles. The quantitative estimate of drug-likeness (QED) is 0.183. The maximum atomic E-state index is 13.1. The number of carboxylic acid groups (broad SMARTS) is 1. The molecule has 1 unspecified atom stereocenters. The lowest BCUT2D eigenvalue weighted by Gasteiger charge is -2.20. The molecule has 2 heterocycles. The topological polar surface area (TPSA) is 150 Å². The van der Waals surface area contributed by atoms with Crippen LogP contribution in [0.4, 0.5) is 22.0 Å². The smallest absolute Gasteiger partial charge is 0.323 e. The van der Waals surface area contributed by atoms with Gasteiger partial charge in [-0.3, -0.25) is 19.3 Å². The number of carbonyl (C=O) groups is 4. The number of urea groups is 1. The van der Waals surface area contributed by atoms with E-state index in [1.54, 1.807) is 61.0 Å². The number of rotatable bonds is 11. The highest BCUT2D eigenvalue weighted by molar-refractivity contribution is 7.12. The van der Waals surface area contributed by atoms with Crippen LogP contribution in [-0.2, 0) is 16.0 Å². The molecule has 4 aromatic rings. The molecule has 0 bridgehead atoms. The van der Waals surface area contributed by atoms with Crippen LogP contribution in [0.15, 0.2) is 78.3 Å². The van der Waals surface area contributed by atoms with E-state index in [0.29, 0.717) is 38.9 Å². The van der Waals surface area contributed by atoms with E-state index in [0.717, 1.165) is 5.56 Å². The molecule has 0 aliphatic heterocycles. The molecular weight excluding hydrogens is 570 g/mol. The number of anilines is 3. The average Bonchev–Trinajstić information content (AvgIpc) is 3.54. The minimum absolute atomic E-state index is 0.0322. The largest absolute Gasteiger partial charge is 0.495 e. The second-order valence-electron chi connectivity index (χ2n) is 9.61. The maximum absolute atomic E-state index is 13.1. The summed E-state index contributed by atoms with van der Waals surface area (Å²) in [6, 6.07) is 17.9. The summed E-state index contributed by atoms with van der Waals surface area (Å²) < 4.78 is 5.45. The number of ether oxygens (including phenoxy) is 1. The van der Waals surface area contributed by atoms with Gasteiger partial charge in [0.25, 0.3) is 5.91 Å². The van der Waals surface area contributed by atoms with Crippen LogP contribution in [-0.4, -0.2) is 48.1 Å². The average molecular weight is 602 g/mol. The van der Waals surface area contributed by atoms with Gasteiger partial charge in [-0.1, -0.05) is 36.4 Å². The molecule has 0 radical (unpaired) electrons. The Balaban J connectivity index is 1.40. The van der Waals surface area contributed by atoms with Crippen LogP contribution in [0, 0.1) is 6.92 Å². The van der Waals surface area contributed by atoms with Crippen LogP contribution in [0.5, 0.6) is 5.75 Å². The second-order valence-corrected chi connectivity index (χ2v) is 10.6. The number of hydrogen-bond acceptors (Lipinski definition) is 7. The first-order chi connectivity index (χ1) is 20.6. The zero-order valence-corrected chi connectivity index (χ0v) is 24.6. The van der Waals surface area contributed by atoms with E-state index in [4.69, 9.17) is 4.74 Å². The molecule has 11 nitrogen and oxygen atoms in total. The summed E-state index contributed by atoms with van der Waals surface area (Å²) in [5.74, 6) is -0.957. The zero-order chi connectivity index (χ0) is 30.9. The van der Waals surface area contributed by atoms with Crippen molar-refractivity contribution in [1.29, 1.82) is 0 Å². The first-order valence-corrected chi connectivity index (χ1v) is 14.1. The normalized spacial score (nSPS) is 11.2. The Bertz CT molecular complexity index is 1610. The number of amides is 4. The fourth-order valence-electron chi connectivity index (χ4n) is 4.22. The number of nitrogens with one attached hydrogen (secondary N) is 3.